The molecule has 0 saturated heterocycles. The summed E-state index contributed by atoms with van der Waals surface area (Å²) in [7, 11) is 1.95. The number of aromatic amines is 1. The van der Waals surface area contributed by atoms with Gasteiger partial charge in [0.05, 0.1) is 12.2 Å². The van der Waals surface area contributed by atoms with Crippen LogP contribution < -0.4 is 5.73 Å². The molecule has 2 rings (SSSR count). The van der Waals surface area contributed by atoms with Gasteiger partial charge >= 0.3 is 0 Å². The summed E-state index contributed by atoms with van der Waals surface area (Å²) >= 11 is 0. The van der Waals surface area contributed by atoms with Crippen LogP contribution in [-0.2, 0) is 13.6 Å². The van der Waals surface area contributed by atoms with Crippen LogP contribution in [0.15, 0.2) is 24.7 Å². The van der Waals surface area contributed by atoms with E-state index in [0.29, 0.717) is 6.54 Å². The molecule has 4 heteroatoms. The van der Waals surface area contributed by atoms with Gasteiger partial charge in [-0.1, -0.05) is 0 Å². The van der Waals surface area contributed by atoms with Gasteiger partial charge < -0.3 is 15.3 Å². The van der Waals surface area contributed by atoms with Crippen molar-refractivity contribution in [2.45, 2.75) is 6.54 Å². The van der Waals surface area contributed by atoms with Gasteiger partial charge in [0.25, 0.3) is 0 Å². The van der Waals surface area contributed by atoms with Crippen LogP contribution in [0.1, 0.15) is 5.82 Å². The lowest BCUT2D eigenvalue weighted by Crippen LogP contribution is -2.03. The maximum Gasteiger partial charge on any atom is 0.122 e. The summed E-state index contributed by atoms with van der Waals surface area (Å²) in [5.41, 5.74) is 7.58. The van der Waals surface area contributed by atoms with Crippen LogP contribution in [0.4, 0.5) is 0 Å². The molecule has 0 aliphatic rings. The van der Waals surface area contributed by atoms with Gasteiger partial charge in [0.1, 0.15) is 5.82 Å². The van der Waals surface area contributed by atoms with E-state index < -0.39 is 0 Å². The number of nitrogens with two attached hydrogens (primary N) is 1. The van der Waals surface area contributed by atoms with Gasteiger partial charge in [0.15, 0.2) is 0 Å². The Bertz CT molecular complexity index is 386. The number of hydrogen-bond donors (Lipinski definition) is 2. The highest BCUT2D eigenvalue weighted by atomic mass is 15.1. The molecule has 68 valence electrons. The zero-order valence-electron chi connectivity index (χ0n) is 7.49. The predicted molar refractivity (Wildman–Crippen MR) is 50.9 cm³/mol. The molecule has 2 heterocycles. The fraction of sp³-hybridized carbons (Fsp3) is 0.222. The Hall–Kier alpha value is -1.55. The Balaban J connectivity index is 2.43. The smallest absolute Gasteiger partial charge is 0.122 e. The second kappa shape index (κ2) is 3.06. The largest absolute Gasteiger partial charge is 0.367 e. The van der Waals surface area contributed by atoms with Crippen molar-refractivity contribution in [1.29, 1.82) is 0 Å². The molecule has 0 unspecified atom stereocenters. The summed E-state index contributed by atoms with van der Waals surface area (Å²) in [6.45, 7) is 0.473. The molecule has 0 atom stereocenters. The molecule has 4 nitrogen and oxygen atoms in total. The standard InChI is InChI=1S/C9H12N4/c1-13-6-8(12-9(13)4-10)7-2-3-11-5-7/h2-3,5-6,11H,4,10H2,1H3. The minimum Gasteiger partial charge on any atom is -0.367 e. The summed E-state index contributed by atoms with van der Waals surface area (Å²) < 4.78 is 1.95. The molecule has 0 bridgehead atoms. The highest BCUT2D eigenvalue weighted by molar-refractivity contribution is 5.57. The summed E-state index contributed by atoms with van der Waals surface area (Å²) in [4.78, 5) is 7.38. The Kier molecular flexibility index (Phi) is 1.90. The van der Waals surface area contributed by atoms with Crippen LogP contribution in [0.25, 0.3) is 11.3 Å². The third-order valence-corrected chi connectivity index (χ3v) is 2.05. The van der Waals surface area contributed by atoms with Crippen molar-refractivity contribution in [3.8, 4) is 11.3 Å². The zero-order valence-corrected chi connectivity index (χ0v) is 7.49. The Morgan fingerprint density at radius 2 is 2.46 bits per heavy atom. The highest BCUT2D eigenvalue weighted by Crippen LogP contribution is 2.16. The molecule has 0 radical (unpaired) electrons. The van der Waals surface area contributed by atoms with E-state index in [1.54, 1.807) is 0 Å². The van der Waals surface area contributed by atoms with E-state index in [9.17, 15) is 0 Å². The minimum atomic E-state index is 0.473. The maximum absolute atomic E-state index is 5.53. The second-order valence-electron chi connectivity index (χ2n) is 2.96. The van der Waals surface area contributed by atoms with Crippen molar-refractivity contribution in [3.05, 3.63) is 30.5 Å². The highest BCUT2D eigenvalue weighted by Gasteiger charge is 2.05. The van der Waals surface area contributed by atoms with Crippen LogP contribution in [-0.4, -0.2) is 14.5 Å². The molecule has 2 aromatic heterocycles. The lowest BCUT2D eigenvalue weighted by molar-refractivity contribution is 0.794. The first-order valence-corrected chi connectivity index (χ1v) is 4.16. The first-order chi connectivity index (χ1) is 6.31. The average Bonchev–Trinajstić information content (AvgIpc) is 2.71. The van der Waals surface area contributed by atoms with E-state index in [1.807, 2.05) is 36.3 Å². The fourth-order valence-electron chi connectivity index (χ4n) is 1.32. The van der Waals surface area contributed by atoms with Gasteiger partial charge in [-0.3, -0.25) is 0 Å². The van der Waals surface area contributed by atoms with Crippen LogP contribution in [0, 0.1) is 0 Å². The number of aryl methyl sites for hydroxylation is 1. The van der Waals surface area contributed by atoms with Gasteiger partial charge in [0, 0.05) is 31.2 Å². The number of rotatable bonds is 2. The van der Waals surface area contributed by atoms with Crippen LogP contribution in [0.5, 0.6) is 0 Å². The van der Waals surface area contributed by atoms with E-state index >= 15 is 0 Å². The summed E-state index contributed by atoms with van der Waals surface area (Å²) in [5.74, 6) is 0.899. The zero-order chi connectivity index (χ0) is 9.26. The fourth-order valence-corrected chi connectivity index (χ4v) is 1.32. The van der Waals surface area contributed by atoms with Crippen LogP contribution in [0.3, 0.4) is 0 Å². The van der Waals surface area contributed by atoms with Gasteiger partial charge in [-0.25, -0.2) is 4.98 Å². The van der Waals surface area contributed by atoms with Gasteiger partial charge in [-0.2, -0.15) is 0 Å². The normalized spacial score (nSPS) is 10.6. The Morgan fingerprint density at radius 3 is 3.00 bits per heavy atom. The van der Waals surface area contributed by atoms with Crippen LogP contribution in [0.2, 0.25) is 0 Å². The van der Waals surface area contributed by atoms with Crippen molar-refractivity contribution in [2.75, 3.05) is 0 Å². The van der Waals surface area contributed by atoms with E-state index in [0.717, 1.165) is 17.1 Å². The number of nitrogens with one attached hydrogen (secondary N) is 1. The average molecular weight is 176 g/mol. The van der Waals surface area contributed by atoms with Gasteiger partial charge in [0.2, 0.25) is 0 Å². The summed E-state index contributed by atoms with van der Waals surface area (Å²) in [5, 5.41) is 0. The molecule has 0 spiro atoms. The lowest BCUT2D eigenvalue weighted by Gasteiger charge is -1.92. The van der Waals surface area contributed by atoms with E-state index in [2.05, 4.69) is 9.97 Å². The number of hydrogen-bond acceptors (Lipinski definition) is 2. The summed E-state index contributed by atoms with van der Waals surface area (Å²) in [6.07, 6.45) is 5.78. The minimum absolute atomic E-state index is 0.473. The van der Waals surface area contributed by atoms with Crippen molar-refractivity contribution in [1.82, 2.24) is 14.5 Å². The molecular formula is C9H12N4. The number of H-pyrrole nitrogens is 1. The third-order valence-electron chi connectivity index (χ3n) is 2.05. The molecule has 0 amide bonds. The van der Waals surface area contributed by atoms with E-state index in [1.165, 1.54) is 0 Å². The first-order valence-electron chi connectivity index (χ1n) is 4.16. The molecule has 0 aliphatic carbocycles. The molecular weight excluding hydrogens is 164 g/mol. The third kappa shape index (κ3) is 1.36. The number of nitrogens with zero attached hydrogens (tertiary/aromatic N) is 2. The predicted octanol–water partition coefficient (Wildman–Crippen LogP) is 0.874. The molecule has 2 aromatic rings. The summed E-state index contributed by atoms with van der Waals surface area (Å²) in [6, 6.07) is 1.99. The number of imidazole rings is 1. The van der Waals surface area contributed by atoms with Gasteiger partial charge in [-0.15, -0.1) is 0 Å². The topological polar surface area (TPSA) is 59.6 Å². The van der Waals surface area contributed by atoms with E-state index in [4.69, 9.17) is 5.73 Å². The Morgan fingerprint density at radius 1 is 1.62 bits per heavy atom. The van der Waals surface area contributed by atoms with Gasteiger partial charge in [-0.05, 0) is 6.07 Å². The van der Waals surface area contributed by atoms with Crippen molar-refractivity contribution >= 4 is 0 Å². The maximum atomic E-state index is 5.53. The van der Waals surface area contributed by atoms with Crippen molar-refractivity contribution in [3.63, 3.8) is 0 Å². The van der Waals surface area contributed by atoms with Crippen LogP contribution >= 0.6 is 0 Å². The monoisotopic (exact) mass is 176 g/mol. The molecule has 3 N–H and O–H groups in total. The molecule has 0 saturated carbocycles. The van der Waals surface area contributed by atoms with E-state index in [-0.39, 0.29) is 0 Å². The molecule has 13 heavy (non-hydrogen) atoms. The van der Waals surface area contributed by atoms with Crippen molar-refractivity contribution < 1.29 is 0 Å². The number of aromatic nitrogens is 3. The molecule has 0 aliphatic heterocycles. The van der Waals surface area contributed by atoms with Crippen molar-refractivity contribution in [2.24, 2.45) is 12.8 Å². The Labute approximate surface area is 76.4 Å². The second-order valence-corrected chi connectivity index (χ2v) is 2.96. The quantitative estimate of drug-likeness (QED) is 0.713. The first kappa shape index (κ1) is 8.07. The lowest BCUT2D eigenvalue weighted by atomic mass is 10.3. The molecule has 0 fully saturated rings. The SMILES string of the molecule is Cn1cc(-c2cc[nH]c2)nc1CN. The molecule has 0 aromatic carbocycles.